The van der Waals surface area contributed by atoms with Crippen LogP contribution in [0.5, 0.6) is 0 Å². The summed E-state index contributed by atoms with van der Waals surface area (Å²) in [6.07, 6.45) is 1.02. The van der Waals surface area contributed by atoms with Crippen LogP contribution in [0, 0.1) is 0 Å². The molecule has 0 saturated carbocycles. The molecule has 4 nitrogen and oxygen atoms in total. The molecule has 0 saturated heterocycles. The van der Waals surface area contributed by atoms with Crippen molar-refractivity contribution in [3.05, 3.63) is 60.2 Å². The number of carbonyl (C=O) groups is 2. The van der Waals surface area contributed by atoms with Gasteiger partial charge in [0.05, 0.1) is 0 Å². The normalized spacial score (nSPS) is 11.5. The van der Waals surface area contributed by atoms with Crippen molar-refractivity contribution in [3.8, 4) is 11.1 Å². The Morgan fingerprint density at radius 2 is 1.67 bits per heavy atom. The highest BCUT2D eigenvalue weighted by atomic mass is 16.2. The Bertz CT molecular complexity index is 594. The van der Waals surface area contributed by atoms with Crippen molar-refractivity contribution in [2.24, 2.45) is 0 Å². The second-order valence-corrected chi connectivity index (χ2v) is 4.72. The molecule has 1 atom stereocenters. The van der Waals surface area contributed by atoms with Crippen molar-refractivity contribution in [1.82, 2.24) is 10.6 Å². The van der Waals surface area contributed by atoms with Gasteiger partial charge in [-0.2, -0.15) is 0 Å². The number of amides is 2. The van der Waals surface area contributed by atoms with E-state index in [0.29, 0.717) is 12.8 Å². The van der Waals surface area contributed by atoms with Crippen molar-refractivity contribution in [1.29, 1.82) is 0 Å². The van der Waals surface area contributed by atoms with Gasteiger partial charge in [0.25, 0.3) is 0 Å². The minimum atomic E-state index is -0.546. The zero-order chi connectivity index (χ0) is 15.1. The summed E-state index contributed by atoms with van der Waals surface area (Å²) in [6.45, 7) is 0. The SMILES string of the molecule is CNC(=O)[C@H](Cc1ccc(-c2ccccc2)cc1)NC=O. The fourth-order valence-electron chi connectivity index (χ4n) is 2.18. The maximum absolute atomic E-state index is 11.7. The molecule has 0 aromatic heterocycles. The standard InChI is InChI=1S/C17H18N2O2/c1-18-17(21)16(19-12-20)11-13-7-9-15(10-8-13)14-5-3-2-4-6-14/h2-10,12,16H,11H2,1H3,(H,18,21)(H,19,20)/t16-/m0/s1. The number of likely N-dealkylation sites (N-methyl/N-ethyl adjacent to an activating group) is 1. The highest BCUT2D eigenvalue weighted by Gasteiger charge is 2.16. The molecule has 2 aromatic carbocycles. The first-order chi connectivity index (χ1) is 10.2. The molecule has 0 fully saturated rings. The summed E-state index contributed by atoms with van der Waals surface area (Å²) in [4.78, 5) is 22.2. The molecule has 21 heavy (non-hydrogen) atoms. The summed E-state index contributed by atoms with van der Waals surface area (Å²) in [7, 11) is 1.56. The average Bonchev–Trinajstić information content (AvgIpc) is 2.55. The van der Waals surface area contributed by atoms with E-state index in [1.54, 1.807) is 7.05 Å². The fraction of sp³-hybridized carbons (Fsp3) is 0.176. The Hall–Kier alpha value is -2.62. The molecular formula is C17H18N2O2. The summed E-state index contributed by atoms with van der Waals surface area (Å²) in [5.41, 5.74) is 3.27. The largest absolute Gasteiger partial charge is 0.357 e. The fourth-order valence-corrected chi connectivity index (χ4v) is 2.18. The lowest BCUT2D eigenvalue weighted by molar-refractivity contribution is -0.124. The first-order valence-electron chi connectivity index (χ1n) is 6.80. The summed E-state index contributed by atoms with van der Waals surface area (Å²) >= 11 is 0. The van der Waals surface area contributed by atoms with Crippen molar-refractivity contribution < 1.29 is 9.59 Å². The van der Waals surface area contributed by atoms with E-state index in [1.165, 1.54) is 0 Å². The second-order valence-electron chi connectivity index (χ2n) is 4.72. The van der Waals surface area contributed by atoms with Gasteiger partial charge in [-0.3, -0.25) is 9.59 Å². The molecule has 4 heteroatoms. The summed E-state index contributed by atoms with van der Waals surface area (Å²) < 4.78 is 0. The number of nitrogens with one attached hydrogen (secondary N) is 2. The van der Waals surface area contributed by atoms with Crippen LogP contribution in [-0.4, -0.2) is 25.4 Å². The minimum Gasteiger partial charge on any atom is -0.357 e. The van der Waals surface area contributed by atoms with Crippen LogP contribution in [0.15, 0.2) is 54.6 Å². The Balaban J connectivity index is 2.11. The van der Waals surface area contributed by atoms with E-state index in [9.17, 15) is 9.59 Å². The lowest BCUT2D eigenvalue weighted by Gasteiger charge is -2.14. The van der Waals surface area contributed by atoms with Crippen LogP contribution >= 0.6 is 0 Å². The third kappa shape index (κ3) is 3.92. The summed E-state index contributed by atoms with van der Waals surface area (Å²) in [5, 5.41) is 5.08. The van der Waals surface area contributed by atoms with E-state index >= 15 is 0 Å². The molecule has 0 aliphatic heterocycles. The molecular weight excluding hydrogens is 264 g/mol. The molecule has 108 valence electrons. The molecule has 0 heterocycles. The molecule has 2 rings (SSSR count). The van der Waals surface area contributed by atoms with E-state index in [1.807, 2.05) is 42.5 Å². The predicted molar refractivity (Wildman–Crippen MR) is 82.6 cm³/mol. The smallest absolute Gasteiger partial charge is 0.242 e. The Labute approximate surface area is 124 Å². The van der Waals surface area contributed by atoms with Crippen molar-refractivity contribution in [3.63, 3.8) is 0 Å². The molecule has 0 spiro atoms. The van der Waals surface area contributed by atoms with Gasteiger partial charge < -0.3 is 10.6 Å². The Morgan fingerprint density at radius 1 is 1.05 bits per heavy atom. The molecule has 0 radical (unpaired) electrons. The van der Waals surface area contributed by atoms with Crippen LogP contribution < -0.4 is 10.6 Å². The van der Waals surface area contributed by atoms with Gasteiger partial charge in [0.1, 0.15) is 6.04 Å². The number of rotatable bonds is 6. The number of carbonyl (C=O) groups excluding carboxylic acids is 2. The van der Waals surface area contributed by atoms with Gasteiger partial charge in [-0.05, 0) is 16.7 Å². The average molecular weight is 282 g/mol. The number of hydrogen-bond donors (Lipinski definition) is 2. The van der Waals surface area contributed by atoms with Crippen LogP contribution in [0.1, 0.15) is 5.56 Å². The van der Waals surface area contributed by atoms with Crippen LogP contribution in [0.4, 0.5) is 0 Å². The monoisotopic (exact) mass is 282 g/mol. The van der Waals surface area contributed by atoms with Crippen molar-refractivity contribution in [2.45, 2.75) is 12.5 Å². The molecule has 0 aliphatic rings. The predicted octanol–water partition coefficient (Wildman–Crippen LogP) is 1.76. The highest BCUT2D eigenvalue weighted by molar-refractivity contribution is 5.83. The number of hydrogen-bond acceptors (Lipinski definition) is 2. The first-order valence-corrected chi connectivity index (χ1v) is 6.80. The van der Waals surface area contributed by atoms with Crippen LogP contribution in [0.25, 0.3) is 11.1 Å². The Morgan fingerprint density at radius 3 is 2.24 bits per heavy atom. The van der Waals surface area contributed by atoms with Gasteiger partial charge in [0, 0.05) is 13.5 Å². The van der Waals surface area contributed by atoms with Crippen LogP contribution in [0.3, 0.4) is 0 Å². The zero-order valence-corrected chi connectivity index (χ0v) is 11.9. The van der Waals surface area contributed by atoms with E-state index in [0.717, 1.165) is 16.7 Å². The highest BCUT2D eigenvalue weighted by Crippen LogP contribution is 2.19. The van der Waals surface area contributed by atoms with Gasteiger partial charge in [-0.15, -0.1) is 0 Å². The quantitative estimate of drug-likeness (QED) is 0.793. The van der Waals surface area contributed by atoms with Crippen molar-refractivity contribution in [2.75, 3.05) is 7.05 Å². The first kappa shape index (κ1) is 14.8. The second kappa shape index (κ2) is 7.24. The third-order valence-corrected chi connectivity index (χ3v) is 3.33. The van der Waals surface area contributed by atoms with Gasteiger partial charge in [0.2, 0.25) is 12.3 Å². The van der Waals surface area contributed by atoms with Crippen LogP contribution in [0.2, 0.25) is 0 Å². The van der Waals surface area contributed by atoms with Gasteiger partial charge in [0.15, 0.2) is 0 Å². The molecule has 2 amide bonds. The Kier molecular flexibility index (Phi) is 5.10. The van der Waals surface area contributed by atoms with Gasteiger partial charge in [-0.25, -0.2) is 0 Å². The molecule has 0 bridgehead atoms. The lowest BCUT2D eigenvalue weighted by Crippen LogP contribution is -2.43. The van der Waals surface area contributed by atoms with Gasteiger partial charge in [-0.1, -0.05) is 54.6 Å². The summed E-state index contributed by atoms with van der Waals surface area (Å²) in [6, 6.07) is 17.5. The molecule has 2 aromatic rings. The van der Waals surface area contributed by atoms with E-state index in [2.05, 4.69) is 22.8 Å². The van der Waals surface area contributed by atoms with Crippen molar-refractivity contribution >= 4 is 12.3 Å². The molecule has 0 unspecified atom stereocenters. The maximum atomic E-state index is 11.7. The molecule has 0 aliphatic carbocycles. The van der Waals surface area contributed by atoms with Crippen LogP contribution in [-0.2, 0) is 16.0 Å². The minimum absolute atomic E-state index is 0.200. The third-order valence-electron chi connectivity index (χ3n) is 3.33. The summed E-state index contributed by atoms with van der Waals surface area (Å²) in [5.74, 6) is -0.200. The zero-order valence-electron chi connectivity index (χ0n) is 11.9. The topological polar surface area (TPSA) is 58.2 Å². The number of benzene rings is 2. The van der Waals surface area contributed by atoms with E-state index in [4.69, 9.17) is 0 Å². The van der Waals surface area contributed by atoms with E-state index < -0.39 is 6.04 Å². The van der Waals surface area contributed by atoms with Gasteiger partial charge >= 0.3 is 0 Å². The van der Waals surface area contributed by atoms with E-state index in [-0.39, 0.29) is 5.91 Å². The maximum Gasteiger partial charge on any atom is 0.242 e. The molecule has 2 N–H and O–H groups in total. The lowest BCUT2D eigenvalue weighted by atomic mass is 10.0.